The standard InChI is InChI=1S/C8H18N2O2/c1-10-3-2-7(5-10)9-4-8(12)6-11/h7-9,11-12H,2-6H2,1H3. The number of hydrogen-bond donors (Lipinski definition) is 3. The first kappa shape index (κ1) is 9.92. The van der Waals surface area contributed by atoms with E-state index >= 15 is 0 Å². The summed E-state index contributed by atoms with van der Waals surface area (Å²) in [4.78, 5) is 2.25. The summed E-state index contributed by atoms with van der Waals surface area (Å²) in [7, 11) is 2.09. The zero-order valence-electron chi connectivity index (χ0n) is 7.53. The van der Waals surface area contributed by atoms with Crippen molar-refractivity contribution >= 4 is 0 Å². The molecule has 1 heterocycles. The molecular formula is C8H18N2O2. The van der Waals surface area contributed by atoms with Crippen molar-refractivity contribution in [1.29, 1.82) is 0 Å². The van der Waals surface area contributed by atoms with E-state index in [0.717, 1.165) is 19.5 Å². The van der Waals surface area contributed by atoms with Crippen molar-refractivity contribution in [2.45, 2.75) is 18.6 Å². The Hall–Kier alpha value is -0.160. The van der Waals surface area contributed by atoms with E-state index in [1.165, 1.54) is 0 Å². The third-order valence-electron chi connectivity index (χ3n) is 2.24. The molecule has 1 fully saturated rings. The largest absolute Gasteiger partial charge is 0.394 e. The summed E-state index contributed by atoms with van der Waals surface area (Å²) in [5.74, 6) is 0. The second kappa shape index (κ2) is 4.77. The number of aliphatic hydroxyl groups is 2. The molecule has 0 radical (unpaired) electrons. The highest BCUT2D eigenvalue weighted by Gasteiger charge is 2.19. The Labute approximate surface area is 73.2 Å². The van der Waals surface area contributed by atoms with Crippen LogP contribution in [0.1, 0.15) is 6.42 Å². The monoisotopic (exact) mass is 174 g/mol. The minimum Gasteiger partial charge on any atom is -0.394 e. The van der Waals surface area contributed by atoms with Gasteiger partial charge < -0.3 is 20.4 Å². The Balaban J connectivity index is 2.07. The molecule has 4 nitrogen and oxygen atoms in total. The first-order valence-corrected chi connectivity index (χ1v) is 4.43. The molecule has 0 bridgehead atoms. The molecule has 1 saturated heterocycles. The van der Waals surface area contributed by atoms with Crippen LogP contribution in [0.4, 0.5) is 0 Å². The molecule has 3 N–H and O–H groups in total. The first-order valence-electron chi connectivity index (χ1n) is 4.43. The van der Waals surface area contributed by atoms with Crippen LogP contribution < -0.4 is 5.32 Å². The van der Waals surface area contributed by atoms with Gasteiger partial charge in [-0.1, -0.05) is 0 Å². The molecule has 0 amide bonds. The minimum absolute atomic E-state index is 0.157. The van der Waals surface area contributed by atoms with Crippen molar-refractivity contribution < 1.29 is 10.2 Å². The van der Waals surface area contributed by atoms with Gasteiger partial charge >= 0.3 is 0 Å². The summed E-state index contributed by atoms with van der Waals surface area (Å²) in [6.45, 7) is 2.50. The summed E-state index contributed by atoms with van der Waals surface area (Å²) >= 11 is 0. The minimum atomic E-state index is -0.615. The summed E-state index contributed by atoms with van der Waals surface area (Å²) in [5, 5.41) is 20.8. The molecule has 0 aliphatic carbocycles. The highest BCUT2D eigenvalue weighted by Crippen LogP contribution is 2.05. The topological polar surface area (TPSA) is 55.7 Å². The molecular weight excluding hydrogens is 156 g/mol. The van der Waals surface area contributed by atoms with E-state index < -0.39 is 6.10 Å². The van der Waals surface area contributed by atoms with Crippen LogP contribution in [0, 0.1) is 0 Å². The fourth-order valence-corrected chi connectivity index (χ4v) is 1.47. The maximum Gasteiger partial charge on any atom is 0.0895 e. The molecule has 0 aromatic carbocycles. The van der Waals surface area contributed by atoms with Crippen LogP contribution in [0.2, 0.25) is 0 Å². The van der Waals surface area contributed by atoms with Gasteiger partial charge in [0.05, 0.1) is 12.7 Å². The van der Waals surface area contributed by atoms with Crippen LogP contribution in [0.15, 0.2) is 0 Å². The van der Waals surface area contributed by atoms with Crippen molar-refractivity contribution in [3.8, 4) is 0 Å². The predicted octanol–water partition coefficient (Wildman–Crippen LogP) is -1.37. The van der Waals surface area contributed by atoms with Gasteiger partial charge in [0.15, 0.2) is 0 Å². The van der Waals surface area contributed by atoms with Gasteiger partial charge in [-0.25, -0.2) is 0 Å². The number of nitrogens with zero attached hydrogens (tertiary/aromatic N) is 1. The van der Waals surface area contributed by atoms with E-state index in [1.807, 2.05) is 0 Å². The number of likely N-dealkylation sites (N-methyl/N-ethyl adjacent to an activating group) is 1. The number of hydrogen-bond acceptors (Lipinski definition) is 4. The van der Waals surface area contributed by atoms with Crippen LogP contribution in [0.3, 0.4) is 0 Å². The van der Waals surface area contributed by atoms with Crippen molar-refractivity contribution in [2.24, 2.45) is 0 Å². The molecule has 1 aliphatic rings. The zero-order valence-corrected chi connectivity index (χ0v) is 7.53. The lowest BCUT2D eigenvalue weighted by Gasteiger charge is -2.14. The quantitative estimate of drug-likeness (QED) is 0.492. The molecule has 0 aromatic heterocycles. The summed E-state index contributed by atoms with van der Waals surface area (Å²) in [6.07, 6.45) is 0.519. The third kappa shape index (κ3) is 3.06. The van der Waals surface area contributed by atoms with Gasteiger partial charge in [-0.05, 0) is 20.0 Å². The average Bonchev–Trinajstić information content (AvgIpc) is 2.47. The second-order valence-corrected chi connectivity index (χ2v) is 3.49. The Bertz CT molecular complexity index is 132. The molecule has 0 aromatic rings. The van der Waals surface area contributed by atoms with E-state index in [0.29, 0.717) is 12.6 Å². The molecule has 0 spiro atoms. The normalized spacial score (nSPS) is 27.8. The van der Waals surface area contributed by atoms with Crippen molar-refractivity contribution in [3.05, 3.63) is 0 Å². The summed E-state index contributed by atoms with van der Waals surface area (Å²) in [6, 6.07) is 0.483. The lowest BCUT2D eigenvalue weighted by Crippen LogP contribution is -2.38. The van der Waals surface area contributed by atoms with Gasteiger partial charge in [0.1, 0.15) is 0 Å². The Morgan fingerprint density at radius 2 is 2.42 bits per heavy atom. The lowest BCUT2D eigenvalue weighted by molar-refractivity contribution is 0.0921. The van der Waals surface area contributed by atoms with E-state index in [-0.39, 0.29) is 6.61 Å². The van der Waals surface area contributed by atoms with Crippen LogP contribution in [0.5, 0.6) is 0 Å². The van der Waals surface area contributed by atoms with E-state index in [9.17, 15) is 0 Å². The van der Waals surface area contributed by atoms with Gasteiger partial charge in [0, 0.05) is 19.1 Å². The Morgan fingerprint density at radius 3 is 2.92 bits per heavy atom. The van der Waals surface area contributed by atoms with Crippen molar-refractivity contribution in [2.75, 3.05) is 33.3 Å². The molecule has 4 heteroatoms. The molecule has 1 rings (SSSR count). The molecule has 12 heavy (non-hydrogen) atoms. The van der Waals surface area contributed by atoms with Crippen molar-refractivity contribution in [1.82, 2.24) is 10.2 Å². The summed E-state index contributed by atoms with van der Waals surface area (Å²) in [5.41, 5.74) is 0. The smallest absolute Gasteiger partial charge is 0.0895 e. The highest BCUT2D eigenvalue weighted by atomic mass is 16.3. The van der Waals surface area contributed by atoms with Gasteiger partial charge in [-0.2, -0.15) is 0 Å². The number of nitrogens with one attached hydrogen (secondary N) is 1. The highest BCUT2D eigenvalue weighted by molar-refractivity contribution is 4.79. The Kier molecular flexibility index (Phi) is 3.94. The molecule has 2 unspecified atom stereocenters. The van der Waals surface area contributed by atoms with E-state index in [2.05, 4.69) is 17.3 Å². The molecule has 2 atom stereocenters. The van der Waals surface area contributed by atoms with Gasteiger partial charge in [0.2, 0.25) is 0 Å². The molecule has 0 saturated carbocycles. The van der Waals surface area contributed by atoms with E-state index in [4.69, 9.17) is 10.2 Å². The summed E-state index contributed by atoms with van der Waals surface area (Å²) < 4.78 is 0. The first-order chi connectivity index (χ1) is 5.72. The molecule has 1 aliphatic heterocycles. The lowest BCUT2D eigenvalue weighted by atomic mass is 10.2. The zero-order chi connectivity index (χ0) is 8.97. The van der Waals surface area contributed by atoms with Crippen LogP contribution in [-0.2, 0) is 0 Å². The number of rotatable bonds is 4. The maximum atomic E-state index is 9.06. The van der Waals surface area contributed by atoms with Gasteiger partial charge in [-0.15, -0.1) is 0 Å². The SMILES string of the molecule is CN1CCC(NCC(O)CO)C1. The van der Waals surface area contributed by atoms with Crippen LogP contribution in [-0.4, -0.2) is 60.5 Å². The van der Waals surface area contributed by atoms with Crippen molar-refractivity contribution in [3.63, 3.8) is 0 Å². The third-order valence-corrected chi connectivity index (χ3v) is 2.24. The van der Waals surface area contributed by atoms with Gasteiger partial charge in [0.25, 0.3) is 0 Å². The fraction of sp³-hybridized carbons (Fsp3) is 1.00. The predicted molar refractivity (Wildman–Crippen MR) is 47.0 cm³/mol. The second-order valence-electron chi connectivity index (χ2n) is 3.49. The number of aliphatic hydroxyl groups excluding tert-OH is 2. The Morgan fingerprint density at radius 1 is 1.67 bits per heavy atom. The van der Waals surface area contributed by atoms with E-state index in [1.54, 1.807) is 0 Å². The van der Waals surface area contributed by atoms with Gasteiger partial charge in [-0.3, -0.25) is 0 Å². The van der Waals surface area contributed by atoms with Crippen LogP contribution >= 0.6 is 0 Å². The maximum absolute atomic E-state index is 9.06. The molecule has 72 valence electrons. The fourth-order valence-electron chi connectivity index (χ4n) is 1.47. The number of likely N-dealkylation sites (tertiary alicyclic amines) is 1. The average molecular weight is 174 g/mol. The van der Waals surface area contributed by atoms with Crippen LogP contribution in [0.25, 0.3) is 0 Å².